The summed E-state index contributed by atoms with van der Waals surface area (Å²) in [6, 6.07) is 2.22. The molecule has 1 N–H and O–H groups in total. The molecule has 84 valence electrons. The number of nitrogens with one attached hydrogen (secondary N) is 1. The summed E-state index contributed by atoms with van der Waals surface area (Å²) < 4.78 is 0. The van der Waals surface area contributed by atoms with Crippen LogP contribution in [0, 0.1) is 6.92 Å². The monoisotopic (exact) mass is 289 g/mol. The van der Waals surface area contributed by atoms with Crippen molar-refractivity contribution in [1.82, 2.24) is 5.32 Å². The van der Waals surface area contributed by atoms with Crippen LogP contribution in [0.3, 0.4) is 0 Å². The Bertz CT molecular complexity index is 324. The van der Waals surface area contributed by atoms with Gasteiger partial charge in [0.25, 0.3) is 5.91 Å². The standard InChI is InChI=1S/C11H16BrNOS/c1-8-5-7-15-10(8)11(14)13-9(2)4-3-6-12/h5,7,9H,3-4,6H2,1-2H3,(H,13,14). The van der Waals surface area contributed by atoms with E-state index in [0.29, 0.717) is 0 Å². The molecular weight excluding hydrogens is 274 g/mol. The molecule has 1 aromatic rings. The summed E-state index contributed by atoms with van der Waals surface area (Å²) in [6.07, 6.45) is 2.10. The average molecular weight is 290 g/mol. The molecule has 0 spiro atoms. The van der Waals surface area contributed by atoms with Crippen molar-refractivity contribution in [2.75, 3.05) is 5.33 Å². The second-order valence-electron chi connectivity index (χ2n) is 3.64. The van der Waals surface area contributed by atoms with E-state index in [2.05, 4.69) is 21.2 Å². The number of rotatable bonds is 5. The highest BCUT2D eigenvalue weighted by atomic mass is 79.9. The molecule has 1 rings (SSSR count). The van der Waals surface area contributed by atoms with Crippen molar-refractivity contribution in [1.29, 1.82) is 0 Å². The third-order valence-corrected chi connectivity index (χ3v) is 3.79. The first-order chi connectivity index (χ1) is 7.15. The van der Waals surface area contributed by atoms with E-state index in [0.717, 1.165) is 28.6 Å². The summed E-state index contributed by atoms with van der Waals surface area (Å²) in [4.78, 5) is 12.6. The molecule has 0 fully saturated rings. The van der Waals surface area contributed by atoms with E-state index in [1.165, 1.54) is 11.3 Å². The van der Waals surface area contributed by atoms with Crippen LogP contribution in [0.1, 0.15) is 35.0 Å². The Kier molecular flexibility index (Phi) is 5.32. The smallest absolute Gasteiger partial charge is 0.261 e. The molecule has 15 heavy (non-hydrogen) atoms. The van der Waals surface area contributed by atoms with Gasteiger partial charge in [-0.1, -0.05) is 15.9 Å². The summed E-state index contributed by atoms with van der Waals surface area (Å²) in [5.41, 5.74) is 1.06. The molecule has 1 heterocycles. The zero-order valence-corrected chi connectivity index (χ0v) is 11.5. The second kappa shape index (κ2) is 6.28. The summed E-state index contributed by atoms with van der Waals surface area (Å²) in [5.74, 6) is 0.0598. The largest absolute Gasteiger partial charge is 0.349 e. The van der Waals surface area contributed by atoms with Gasteiger partial charge in [-0.05, 0) is 43.7 Å². The highest BCUT2D eigenvalue weighted by molar-refractivity contribution is 9.09. The fraction of sp³-hybridized carbons (Fsp3) is 0.545. The van der Waals surface area contributed by atoms with Gasteiger partial charge < -0.3 is 5.32 Å². The molecule has 0 aliphatic carbocycles. The Labute approximate surface area is 103 Å². The van der Waals surface area contributed by atoms with Gasteiger partial charge in [0.05, 0.1) is 4.88 Å². The third-order valence-electron chi connectivity index (χ3n) is 2.22. The second-order valence-corrected chi connectivity index (χ2v) is 5.35. The lowest BCUT2D eigenvalue weighted by Gasteiger charge is -2.12. The number of carbonyl (C=O) groups is 1. The lowest BCUT2D eigenvalue weighted by molar-refractivity contribution is 0.0942. The maximum Gasteiger partial charge on any atom is 0.261 e. The number of thiophene rings is 1. The zero-order valence-electron chi connectivity index (χ0n) is 9.05. The van der Waals surface area contributed by atoms with E-state index in [9.17, 15) is 4.79 Å². The molecule has 1 aromatic heterocycles. The molecule has 1 amide bonds. The van der Waals surface area contributed by atoms with Crippen LogP contribution in [0.2, 0.25) is 0 Å². The average Bonchev–Trinajstić information content (AvgIpc) is 2.61. The highest BCUT2D eigenvalue weighted by Gasteiger charge is 2.12. The van der Waals surface area contributed by atoms with Crippen molar-refractivity contribution in [3.05, 3.63) is 21.9 Å². The first-order valence-corrected chi connectivity index (χ1v) is 7.06. The van der Waals surface area contributed by atoms with Gasteiger partial charge >= 0.3 is 0 Å². The Balaban J connectivity index is 2.46. The molecule has 0 aromatic carbocycles. The summed E-state index contributed by atoms with van der Waals surface area (Å²) >= 11 is 4.89. The molecular formula is C11H16BrNOS. The molecule has 0 bridgehead atoms. The van der Waals surface area contributed by atoms with Crippen molar-refractivity contribution < 1.29 is 4.79 Å². The summed E-state index contributed by atoms with van der Waals surface area (Å²) in [5, 5.41) is 5.95. The first-order valence-electron chi connectivity index (χ1n) is 5.06. The summed E-state index contributed by atoms with van der Waals surface area (Å²) in [6.45, 7) is 4.01. The lowest BCUT2D eigenvalue weighted by Crippen LogP contribution is -2.32. The van der Waals surface area contributed by atoms with Crippen molar-refractivity contribution in [3.63, 3.8) is 0 Å². The number of halogens is 1. The SMILES string of the molecule is Cc1ccsc1C(=O)NC(C)CCCBr. The van der Waals surface area contributed by atoms with Crippen molar-refractivity contribution in [2.45, 2.75) is 32.7 Å². The molecule has 1 unspecified atom stereocenters. The lowest BCUT2D eigenvalue weighted by atomic mass is 10.2. The predicted octanol–water partition coefficient (Wildman–Crippen LogP) is 3.35. The molecule has 0 saturated carbocycles. The van der Waals surface area contributed by atoms with E-state index < -0.39 is 0 Å². The molecule has 0 aliphatic rings. The minimum Gasteiger partial charge on any atom is -0.349 e. The van der Waals surface area contributed by atoms with E-state index >= 15 is 0 Å². The van der Waals surface area contributed by atoms with Crippen LogP contribution >= 0.6 is 27.3 Å². The van der Waals surface area contributed by atoms with Crippen molar-refractivity contribution in [2.24, 2.45) is 0 Å². The Morgan fingerprint density at radius 1 is 1.67 bits per heavy atom. The predicted molar refractivity (Wildman–Crippen MR) is 69.0 cm³/mol. The van der Waals surface area contributed by atoms with E-state index in [-0.39, 0.29) is 11.9 Å². The van der Waals surface area contributed by atoms with Crippen LogP contribution < -0.4 is 5.32 Å². The number of carbonyl (C=O) groups excluding carboxylic acids is 1. The van der Waals surface area contributed by atoms with Crippen LogP contribution in [-0.4, -0.2) is 17.3 Å². The van der Waals surface area contributed by atoms with Gasteiger partial charge in [0.1, 0.15) is 0 Å². The Hall–Kier alpha value is -0.350. The van der Waals surface area contributed by atoms with Crippen LogP contribution in [0.5, 0.6) is 0 Å². The van der Waals surface area contributed by atoms with Gasteiger partial charge in [-0.15, -0.1) is 11.3 Å². The number of hydrogen-bond donors (Lipinski definition) is 1. The topological polar surface area (TPSA) is 29.1 Å². The third kappa shape index (κ3) is 3.95. The van der Waals surface area contributed by atoms with Gasteiger partial charge in [-0.3, -0.25) is 4.79 Å². The molecule has 0 saturated heterocycles. The number of aryl methyl sites for hydroxylation is 1. The Morgan fingerprint density at radius 2 is 2.40 bits per heavy atom. The van der Waals surface area contributed by atoms with Gasteiger partial charge in [0.15, 0.2) is 0 Å². The van der Waals surface area contributed by atoms with Crippen molar-refractivity contribution in [3.8, 4) is 0 Å². The van der Waals surface area contributed by atoms with E-state index in [1.807, 2.05) is 25.3 Å². The molecule has 0 radical (unpaired) electrons. The van der Waals surface area contributed by atoms with Crippen LogP contribution in [0.4, 0.5) is 0 Å². The van der Waals surface area contributed by atoms with Gasteiger partial charge in [-0.2, -0.15) is 0 Å². The molecule has 4 heteroatoms. The number of alkyl halides is 1. The van der Waals surface area contributed by atoms with Gasteiger partial charge in [0, 0.05) is 11.4 Å². The highest BCUT2D eigenvalue weighted by Crippen LogP contribution is 2.15. The minimum atomic E-state index is 0.0598. The van der Waals surface area contributed by atoms with E-state index in [1.54, 1.807) is 0 Å². The maximum absolute atomic E-state index is 11.8. The van der Waals surface area contributed by atoms with E-state index in [4.69, 9.17) is 0 Å². The normalized spacial score (nSPS) is 12.5. The zero-order chi connectivity index (χ0) is 11.3. The van der Waals surface area contributed by atoms with Crippen LogP contribution in [0.15, 0.2) is 11.4 Å². The van der Waals surface area contributed by atoms with Crippen molar-refractivity contribution >= 4 is 33.2 Å². The minimum absolute atomic E-state index is 0.0598. The fourth-order valence-electron chi connectivity index (χ4n) is 1.35. The number of amides is 1. The Morgan fingerprint density at radius 3 is 2.93 bits per heavy atom. The van der Waals surface area contributed by atoms with Crippen LogP contribution in [-0.2, 0) is 0 Å². The van der Waals surface area contributed by atoms with Gasteiger partial charge in [-0.25, -0.2) is 0 Å². The fourth-order valence-corrected chi connectivity index (χ4v) is 2.50. The van der Waals surface area contributed by atoms with Crippen LogP contribution in [0.25, 0.3) is 0 Å². The molecule has 0 aliphatic heterocycles. The summed E-state index contributed by atoms with van der Waals surface area (Å²) in [7, 11) is 0. The quantitative estimate of drug-likeness (QED) is 0.828. The molecule has 1 atom stereocenters. The number of hydrogen-bond acceptors (Lipinski definition) is 2. The molecule has 2 nitrogen and oxygen atoms in total. The maximum atomic E-state index is 11.8. The van der Waals surface area contributed by atoms with Gasteiger partial charge in [0.2, 0.25) is 0 Å². The first kappa shape index (κ1) is 12.7.